The quantitative estimate of drug-likeness (QED) is 0.313. The van der Waals surface area contributed by atoms with Crippen molar-refractivity contribution in [2.24, 2.45) is 13.0 Å². The molecule has 2 fully saturated rings. The lowest BCUT2D eigenvalue weighted by atomic mass is 9.96. The lowest BCUT2D eigenvalue weighted by Gasteiger charge is -2.27. The zero-order valence-electron chi connectivity index (χ0n) is 23.7. The minimum atomic E-state index is -0.600. The van der Waals surface area contributed by atoms with Crippen LogP contribution in [0.15, 0.2) is 60.8 Å². The summed E-state index contributed by atoms with van der Waals surface area (Å²) >= 11 is 0. The number of pyridine rings is 1. The minimum absolute atomic E-state index is 0.113. The second-order valence-electron chi connectivity index (χ2n) is 11.2. The molecule has 4 heterocycles. The van der Waals surface area contributed by atoms with E-state index in [0.29, 0.717) is 38.0 Å². The summed E-state index contributed by atoms with van der Waals surface area (Å²) in [5.74, 6) is -0.0793. The van der Waals surface area contributed by atoms with Crippen molar-refractivity contribution in [3.05, 3.63) is 83.4 Å². The van der Waals surface area contributed by atoms with Crippen LogP contribution in [0, 0.1) is 11.9 Å². The van der Waals surface area contributed by atoms with Crippen molar-refractivity contribution in [1.29, 1.82) is 0 Å². The number of benzene rings is 2. The summed E-state index contributed by atoms with van der Waals surface area (Å²) in [6.07, 6.45) is 3.17. The summed E-state index contributed by atoms with van der Waals surface area (Å²) in [5, 5.41) is 14.5. The molecule has 4 unspecified atom stereocenters. The van der Waals surface area contributed by atoms with Gasteiger partial charge in [0.1, 0.15) is 17.3 Å². The molecule has 0 radical (unpaired) electrons. The number of nitrogens with one attached hydrogen (secondary N) is 2. The van der Waals surface area contributed by atoms with Crippen LogP contribution < -0.4 is 15.4 Å². The Labute approximate surface area is 243 Å². The number of carbonyl (C=O) groups excluding carboxylic acids is 2. The van der Waals surface area contributed by atoms with Crippen LogP contribution in [0.2, 0.25) is 0 Å². The average Bonchev–Trinajstić information content (AvgIpc) is 3.75. The number of amides is 2. The van der Waals surface area contributed by atoms with E-state index in [1.807, 2.05) is 49.5 Å². The highest BCUT2D eigenvalue weighted by molar-refractivity contribution is 5.90. The van der Waals surface area contributed by atoms with E-state index < -0.39 is 18.0 Å². The molecule has 10 nitrogen and oxygen atoms in total. The Morgan fingerprint density at radius 2 is 1.93 bits per heavy atom. The monoisotopic (exact) mass is 571 g/mol. The third-order valence-corrected chi connectivity index (χ3v) is 8.46. The first-order chi connectivity index (χ1) is 20.4. The fourth-order valence-corrected chi connectivity index (χ4v) is 6.22. The van der Waals surface area contributed by atoms with Gasteiger partial charge in [0.15, 0.2) is 0 Å². The topological polar surface area (TPSA) is 114 Å². The van der Waals surface area contributed by atoms with E-state index in [2.05, 4.69) is 25.9 Å². The normalized spacial score (nSPS) is 22.0. The fourth-order valence-electron chi connectivity index (χ4n) is 6.22. The van der Waals surface area contributed by atoms with Crippen molar-refractivity contribution < 1.29 is 18.7 Å². The lowest BCUT2D eigenvalue weighted by Crippen LogP contribution is -2.51. The molecule has 218 valence electrons. The maximum atomic E-state index is 14.4. The third kappa shape index (κ3) is 5.69. The van der Waals surface area contributed by atoms with Crippen molar-refractivity contribution in [1.82, 2.24) is 35.5 Å². The summed E-state index contributed by atoms with van der Waals surface area (Å²) in [4.78, 5) is 33.0. The van der Waals surface area contributed by atoms with Crippen LogP contribution in [0.1, 0.15) is 35.4 Å². The van der Waals surface area contributed by atoms with Gasteiger partial charge in [-0.25, -0.2) is 9.67 Å². The van der Waals surface area contributed by atoms with E-state index in [4.69, 9.17) is 4.74 Å². The molecule has 6 rings (SSSR count). The van der Waals surface area contributed by atoms with E-state index in [-0.39, 0.29) is 23.7 Å². The molecule has 11 heteroatoms. The number of halogens is 1. The number of hydrogen-bond acceptors (Lipinski definition) is 7. The number of carbonyl (C=O) groups is 2. The number of nitrogens with zero attached hydrogens (tertiary/aromatic N) is 5. The number of aryl methyl sites for hydroxylation is 1. The molecule has 2 aliphatic heterocycles. The SMILES string of the molecule is COc1ccc(CC2CC(C(=O)NCc3ccc4c(c3)nnn4C)N(C(=O)C3CC(c4cccnc4F)CN3)C2)cc1. The molecule has 2 aromatic heterocycles. The van der Waals surface area contributed by atoms with Crippen LogP contribution in [0.25, 0.3) is 11.0 Å². The zero-order valence-corrected chi connectivity index (χ0v) is 23.7. The van der Waals surface area contributed by atoms with E-state index in [1.165, 1.54) is 6.20 Å². The fraction of sp³-hybridized carbons (Fsp3) is 0.387. The molecule has 0 bridgehead atoms. The highest BCUT2D eigenvalue weighted by Crippen LogP contribution is 2.32. The largest absolute Gasteiger partial charge is 0.497 e. The molecular formula is C31H34FN7O3. The van der Waals surface area contributed by atoms with Gasteiger partial charge in [-0.15, -0.1) is 5.10 Å². The molecule has 4 aromatic rings. The molecule has 0 saturated carbocycles. The van der Waals surface area contributed by atoms with E-state index in [0.717, 1.165) is 34.3 Å². The van der Waals surface area contributed by atoms with Crippen molar-refractivity contribution in [2.75, 3.05) is 20.2 Å². The van der Waals surface area contributed by atoms with Crippen LogP contribution >= 0.6 is 0 Å². The van der Waals surface area contributed by atoms with E-state index >= 15 is 0 Å². The van der Waals surface area contributed by atoms with E-state index in [9.17, 15) is 14.0 Å². The Hall–Kier alpha value is -4.38. The molecule has 2 aromatic carbocycles. The van der Waals surface area contributed by atoms with Gasteiger partial charge in [0.05, 0.1) is 18.7 Å². The van der Waals surface area contributed by atoms with Crippen LogP contribution in [-0.2, 0) is 29.6 Å². The zero-order chi connectivity index (χ0) is 29.2. The number of methoxy groups -OCH3 is 1. The molecule has 0 spiro atoms. The van der Waals surface area contributed by atoms with Gasteiger partial charge in [0.2, 0.25) is 17.8 Å². The molecule has 2 N–H and O–H groups in total. The van der Waals surface area contributed by atoms with Crippen LogP contribution in [-0.4, -0.2) is 69.0 Å². The van der Waals surface area contributed by atoms with Crippen LogP contribution in [0.4, 0.5) is 4.39 Å². The van der Waals surface area contributed by atoms with E-state index in [1.54, 1.807) is 28.8 Å². The lowest BCUT2D eigenvalue weighted by molar-refractivity contribution is -0.139. The molecule has 2 amide bonds. The van der Waals surface area contributed by atoms with Crippen molar-refractivity contribution in [2.45, 2.75) is 43.8 Å². The maximum absolute atomic E-state index is 14.4. The number of fused-ring (bicyclic) bond motifs is 1. The standard InChI is InChI=1S/C31H34FN7O3/c1-38-27-10-7-20(13-25(27)36-37-38)16-35-30(40)28-14-21(12-19-5-8-23(42-2)9-6-19)18-39(28)31(41)26-15-22(17-34-26)24-4-3-11-33-29(24)32/h3-11,13,21-22,26,28,34H,12,14-18H2,1-2H3,(H,35,40). The predicted octanol–water partition coefficient (Wildman–Crippen LogP) is 2.73. The first kappa shape index (κ1) is 27.8. The molecule has 4 atom stereocenters. The highest BCUT2D eigenvalue weighted by atomic mass is 19.1. The van der Waals surface area contributed by atoms with Gasteiger partial charge in [0.25, 0.3) is 0 Å². The third-order valence-electron chi connectivity index (χ3n) is 8.46. The summed E-state index contributed by atoms with van der Waals surface area (Å²) in [6.45, 7) is 1.26. The van der Waals surface area contributed by atoms with Gasteiger partial charge in [-0.05, 0) is 66.6 Å². The van der Waals surface area contributed by atoms with Gasteiger partial charge < -0.3 is 20.3 Å². The predicted molar refractivity (Wildman–Crippen MR) is 154 cm³/mol. The van der Waals surface area contributed by atoms with Crippen molar-refractivity contribution >= 4 is 22.8 Å². The van der Waals surface area contributed by atoms with Crippen molar-refractivity contribution in [3.63, 3.8) is 0 Å². The average molecular weight is 572 g/mol. The Morgan fingerprint density at radius 1 is 1.12 bits per heavy atom. The first-order valence-electron chi connectivity index (χ1n) is 14.2. The van der Waals surface area contributed by atoms with Gasteiger partial charge in [-0.3, -0.25) is 9.59 Å². The second kappa shape index (κ2) is 11.8. The summed E-state index contributed by atoms with van der Waals surface area (Å²) in [6, 6.07) is 16.0. The smallest absolute Gasteiger partial charge is 0.243 e. The molecule has 42 heavy (non-hydrogen) atoms. The highest BCUT2D eigenvalue weighted by Gasteiger charge is 2.43. The summed E-state index contributed by atoms with van der Waals surface area (Å²) in [5.41, 5.74) is 4.20. The Kier molecular flexibility index (Phi) is 7.84. The van der Waals surface area contributed by atoms with Gasteiger partial charge in [-0.1, -0.05) is 29.5 Å². The molecular weight excluding hydrogens is 537 g/mol. The Bertz CT molecular complexity index is 1590. The molecule has 2 aliphatic rings. The second-order valence-corrected chi connectivity index (χ2v) is 11.2. The van der Waals surface area contributed by atoms with Gasteiger partial charge in [-0.2, -0.15) is 4.39 Å². The van der Waals surface area contributed by atoms with Gasteiger partial charge in [0, 0.05) is 44.4 Å². The Morgan fingerprint density at radius 3 is 2.71 bits per heavy atom. The first-order valence-corrected chi connectivity index (χ1v) is 14.2. The molecule has 0 aliphatic carbocycles. The maximum Gasteiger partial charge on any atom is 0.243 e. The number of aromatic nitrogens is 4. The summed E-state index contributed by atoms with van der Waals surface area (Å²) < 4.78 is 21.3. The number of hydrogen-bond donors (Lipinski definition) is 2. The Balaban J connectivity index is 1.17. The number of likely N-dealkylation sites (tertiary alicyclic amines) is 1. The summed E-state index contributed by atoms with van der Waals surface area (Å²) in [7, 11) is 3.47. The minimum Gasteiger partial charge on any atom is -0.497 e. The number of ether oxygens (including phenoxy) is 1. The van der Waals surface area contributed by atoms with Gasteiger partial charge >= 0.3 is 0 Å². The van der Waals surface area contributed by atoms with Crippen molar-refractivity contribution in [3.8, 4) is 5.75 Å². The van der Waals surface area contributed by atoms with Crippen LogP contribution in [0.5, 0.6) is 5.75 Å². The number of rotatable bonds is 8. The van der Waals surface area contributed by atoms with Crippen LogP contribution in [0.3, 0.4) is 0 Å². The molecule has 2 saturated heterocycles.